The lowest BCUT2D eigenvalue weighted by Gasteiger charge is -2.23. The molecule has 3 amide bonds. The van der Waals surface area contributed by atoms with E-state index in [9.17, 15) is 24.3 Å². The van der Waals surface area contributed by atoms with Crippen LogP contribution in [0.3, 0.4) is 0 Å². The molecular formula is C40H61N3O7. The minimum Gasteiger partial charge on any atom is -0.478 e. The van der Waals surface area contributed by atoms with Gasteiger partial charge in [0.15, 0.2) is 0 Å². The van der Waals surface area contributed by atoms with Gasteiger partial charge < -0.3 is 30.5 Å². The zero-order chi connectivity index (χ0) is 36.6. The largest absolute Gasteiger partial charge is 0.478 e. The number of benzene rings is 2. The fourth-order valence-corrected chi connectivity index (χ4v) is 5.51. The van der Waals surface area contributed by atoms with E-state index in [2.05, 4.69) is 22.9 Å². The molecule has 0 aliphatic carbocycles. The van der Waals surface area contributed by atoms with Gasteiger partial charge in [-0.2, -0.15) is 0 Å². The van der Waals surface area contributed by atoms with Gasteiger partial charge in [0.25, 0.3) is 0 Å². The molecule has 0 saturated carbocycles. The highest BCUT2D eigenvalue weighted by Crippen LogP contribution is 2.21. The van der Waals surface area contributed by atoms with Crippen molar-refractivity contribution in [2.24, 2.45) is 0 Å². The fourth-order valence-electron chi connectivity index (χ4n) is 5.51. The summed E-state index contributed by atoms with van der Waals surface area (Å²) >= 11 is 0. The molecule has 2 aromatic rings. The summed E-state index contributed by atoms with van der Waals surface area (Å²) in [6.07, 6.45) is 18.1. The highest BCUT2D eigenvalue weighted by Gasteiger charge is 2.25. The molecule has 10 heteroatoms. The van der Waals surface area contributed by atoms with E-state index in [1.54, 1.807) is 20.8 Å². The van der Waals surface area contributed by atoms with Crippen LogP contribution in [0.5, 0.6) is 0 Å². The molecule has 0 aromatic heterocycles. The summed E-state index contributed by atoms with van der Waals surface area (Å²) in [7, 11) is 0. The summed E-state index contributed by atoms with van der Waals surface area (Å²) in [6.45, 7) is 7.43. The summed E-state index contributed by atoms with van der Waals surface area (Å²) in [5, 5.41) is 17.7. The quantitative estimate of drug-likeness (QED) is 0.0758. The monoisotopic (exact) mass is 695 g/mol. The van der Waals surface area contributed by atoms with E-state index in [1.807, 2.05) is 30.3 Å². The molecule has 4 N–H and O–H groups in total. The summed E-state index contributed by atoms with van der Waals surface area (Å²) in [4.78, 5) is 50.5. The Kier molecular flexibility index (Phi) is 20.5. The minimum absolute atomic E-state index is 0.109. The maximum Gasteiger partial charge on any atom is 0.408 e. The van der Waals surface area contributed by atoms with Gasteiger partial charge in [0.05, 0.1) is 18.8 Å². The van der Waals surface area contributed by atoms with Crippen LogP contribution in [0.15, 0.2) is 48.5 Å². The third-order valence-electron chi connectivity index (χ3n) is 8.14. The van der Waals surface area contributed by atoms with Crippen molar-refractivity contribution < 1.29 is 33.8 Å². The van der Waals surface area contributed by atoms with E-state index in [1.165, 1.54) is 95.2 Å². The lowest BCUT2D eigenvalue weighted by molar-refractivity contribution is -0.120. The van der Waals surface area contributed by atoms with E-state index in [4.69, 9.17) is 9.47 Å². The van der Waals surface area contributed by atoms with E-state index in [0.29, 0.717) is 6.42 Å². The zero-order valence-corrected chi connectivity index (χ0v) is 30.8. The molecule has 0 aliphatic rings. The summed E-state index contributed by atoms with van der Waals surface area (Å²) < 4.78 is 11.1. The van der Waals surface area contributed by atoms with Gasteiger partial charge in [-0.05, 0) is 51.0 Å². The van der Waals surface area contributed by atoms with Crippen molar-refractivity contribution in [2.75, 3.05) is 17.2 Å². The predicted molar refractivity (Wildman–Crippen MR) is 199 cm³/mol. The molecule has 2 aromatic carbocycles. The number of aromatic carboxylic acids is 1. The van der Waals surface area contributed by atoms with Crippen LogP contribution in [0.25, 0.3) is 0 Å². The molecule has 2 rings (SSSR count). The molecule has 0 radical (unpaired) electrons. The van der Waals surface area contributed by atoms with Crippen molar-refractivity contribution in [3.63, 3.8) is 0 Å². The minimum atomic E-state index is -1.21. The van der Waals surface area contributed by atoms with Gasteiger partial charge in [-0.15, -0.1) is 0 Å². The first-order chi connectivity index (χ1) is 24.0. The molecule has 278 valence electrons. The van der Waals surface area contributed by atoms with Gasteiger partial charge in [0.1, 0.15) is 11.6 Å². The molecule has 50 heavy (non-hydrogen) atoms. The predicted octanol–water partition coefficient (Wildman–Crippen LogP) is 9.63. The van der Waals surface area contributed by atoms with Crippen molar-refractivity contribution in [3.05, 3.63) is 59.7 Å². The van der Waals surface area contributed by atoms with Gasteiger partial charge in [-0.1, -0.05) is 127 Å². The van der Waals surface area contributed by atoms with Gasteiger partial charge in [0.2, 0.25) is 11.8 Å². The Morgan fingerprint density at radius 3 is 1.76 bits per heavy atom. The molecule has 0 aliphatic heterocycles. The number of carbonyl (C=O) groups excluding carboxylic acids is 3. The van der Waals surface area contributed by atoms with Crippen LogP contribution in [-0.4, -0.2) is 47.2 Å². The summed E-state index contributed by atoms with van der Waals surface area (Å²) in [5.41, 5.74) is 0.398. The standard InChI is InChI=1S/C40H61N3O7/c1-5-6-7-8-9-10-11-12-13-14-15-16-17-18-22-25-36(44)41-33-26-32(38(46)47)27-34(28-33)42-37(45)35(43-39(48)50-40(2,3)4)30-49-29-31-23-20-19-21-24-31/h19-21,23-24,26-28,35H,5-18,22,25,29-30H2,1-4H3,(H,41,44)(H,42,45)(H,43,48)(H,46,47)/t35-/m0/s1. The van der Waals surface area contributed by atoms with Crippen LogP contribution in [0.4, 0.5) is 16.2 Å². The molecular weight excluding hydrogens is 634 g/mol. The number of anilines is 2. The van der Waals surface area contributed by atoms with E-state index in [-0.39, 0.29) is 36.1 Å². The van der Waals surface area contributed by atoms with Crippen molar-refractivity contribution >= 4 is 35.3 Å². The third kappa shape index (κ3) is 19.9. The van der Waals surface area contributed by atoms with Crippen LogP contribution in [0.1, 0.15) is 146 Å². The highest BCUT2D eigenvalue weighted by atomic mass is 16.6. The number of amides is 3. The van der Waals surface area contributed by atoms with Gasteiger partial charge in [0, 0.05) is 17.8 Å². The lowest BCUT2D eigenvalue weighted by Crippen LogP contribution is -2.48. The van der Waals surface area contributed by atoms with Crippen LogP contribution < -0.4 is 16.0 Å². The number of carboxylic acid groups (broad SMARTS) is 1. The molecule has 0 bridgehead atoms. The first kappa shape index (κ1) is 42.2. The fraction of sp³-hybridized carbons (Fsp3) is 0.600. The van der Waals surface area contributed by atoms with Crippen LogP contribution in [-0.2, 0) is 25.7 Å². The Balaban J connectivity index is 1.83. The highest BCUT2D eigenvalue weighted by molar-refractivity contribution is 6.00. The molecule has 1 atom stereocenters. The molecule has 0 saturated heterocycles. The maximum absolute atomic E-state index is 13.3. The lowest BCUT2D eigenvalue weighted by atomic mass is 10.0. The molecule has 0 fully saturated rings. The second-order valence-electron chi connectivity index (χ2n) is 14.0. The SMILES string of the molecule is CCCCCCCCCCCCCCCCCC(=O)Nc1cc(NC(=O)[C@H](COCc2ccccc2)NC(=O)OC(C)(C)C)cc(C(=O)O)c1. The average molecular weight is 696 g/mol. The average Bonchev–Trinajstić information content (AvgIpc) is 3.05. The van der Waals surface area contributed by atoms with Crippen molar-refractivity contribution in [2.45, 2.75) is 149 Å². The molecule has 0 heterocycles. The number of unbranched alkanes of at least 4 members (excludes halogenated alkanes) is 14. The number of nitrogens with one attached hydrogen (secondary N) is 3. The second-order valence-corrected chi connectivity index (χ2v) is 14.0. The number of rotatable bonds is 25. The van der Waals surface area contributed by atoms with E-state index < -0.39 is 29.6 Å². The van der Waals surface area contributed by atoms with Crippen LogP contribution in [0.2, 0.25) is 0 Å². The Morgan fingerprint density at radius 1 is 0.720 bits per heavy atom. The number of carbonyl (C=O) groups is 4. The Morgan fingerprint density at radius 2 is 1.24 bits per heavy atom. The van der Waals surface area contributed by atoms with Gasteiger partial charge in [-0.25, -0.2) is 9.59 Å². The van der Waals surface area contributed by atoms with Crippen molar-refractivity contribution in [3.8, 4) is 0 Å². The number of alkyl carbamates (subject to hydrolysis) is 1. The Labute approximate surface area is 299 Å². The third-order valence-corrected chi connectivity index (χ3v) is 8.14. The summed E-state index contributed by atoms with van der Waals surface area (Å²) in [6, 6.07) is 12.4. The smallest absolute Gasteiger partial charge is 0.408 e. The van der Waals surface area contributed by atoms with E-state index in [0.717, 1.165) is 24.8 Å². The molecule has 10 nitrogen and oxygen atoms in total. The topological polar surface area (TPSA) is 143 Å². The maximum atomic E-state index is 13.3. The zero-order valence-electron chi connectivity index (χ0n) is 30.8. The van der Waals surface area contributed by atoms with Gasteiger partial charge >= 0.3 is 12.1 Å². The molecule has 0 unspecified atom stereocenters. The Hall–Kier alpha value is -3.92. The number of hydrogen-bond acceptors (Lipinski definition) is 6. The number of hydrogen-bond donors (Lipinski definition) is 4. The first-order valence-electron chi connectivity index (χ1n) is 18.6. The normalized spacial score (nSPS) is 11.8. The first-order valence-corrected chi connectivity index (χ1v) is 18.6. The summed E-state index contributed by atoms with van der Waals surface area (Å²) in [5.74, 6) is -2.08. The number of carboxylic acids is 1. The second kappa shape index (κ2) is 24.3. The number of ether oxygens (including phenoxy) is 2. The van der Waals surface area contributed by atoms with E-state index >= 15 is 0 Å². The van der Waals surface area contributed by atoms with Crippen molar-refractivity contribution in [1.82, 2.24) is 5.32 Å². The van der Waals surface area contributed by atoms with Gasteiger partial charge in [-0.3, -0.25) is 9.59 Å². The Bertz CT molecular complexity index is 1290. The van der Waals surface area contributed by atoms with Crippen molar-refractivity contribution in [1.29, 1.82) is 0 Å². The van der Waals surface area contributed by atoms with Crippen LogP contribution in [0, 0.1) is 0 Å². The van der Waals surface area contributed by atoms with Crippen LogP contribution >= 0.6 is 0 Å². The molecule has 0 spiro atoms.